The monoisotopic (exact) mass is 364 g/mol. The largest absolute Gasteiger partial charge is 0.417 e. The van der Waals surface area contributed by atoms with E-state index in [4.69, 9.17) is 0 Å². The quantitative estimate of drug-likeness (QED) is 0.834. The molecule has 2 N–H and O–H groups in total. The van der Waals surface area contributed by atoms with Gasteiger partial charge in [-0.1, -0.05) is 15.9 Å². The Labute approximate surface area is 129 Å². The van der Waals surface area contributed by atoms with E-state index in [1.807, 2.05) is 0 Å². The molecule has 116 valence electrons. The van der Waals surface area contributed by atoms with Crippen LogP contribution in [0.4, 0.5) is 18.9 Å². The number of carbonyl (C=O) groups is 1. The zero-order valence-electron chi connectivity index (χ0n) is 11.5. The molecule has 7 heteroatoms. The molecule has 1 heterocycles. The van der Waals surface area contributed by atoms with Crippen LogP contribution in [-0.4, -0.2) is 18.0 Å². The SMILES string of the molecule is CC1(C(=O)Nc2ccc(Br)c(C(F)(F)F)c2)CCCCN1. The van der Waals surface area contributed by atoms with Crippen LogP contribution in [0.5, 0.6) is 0 Å². The lowest BCUT2D eigenvalue weighted by atomic mass is 9.90. The predicted octanol–water partition coefficient (Wildman–Crippen LogP) is 3.94. The molecule has 1 aliphatic rings. The van der Waals surface area contributed by atoms with Crippen molar-refractivity contribution in [1.29, 1.82) is 0 Å². The normalized spacial score (nSPS) is 22.9. The standard InChI is InChI=1S/C14H16BrF3N2O/c1-13(6-2-3-7-19-13)12(21)20-9-4-5-11(15)10(8-9)14(16,17)18/h4-5,8,19H,2-3,6-7H2,1H3,(H,20,21). The van der Waals surface area contributed by atoms with Crippen LogP contribution in [0.25, 0.3) is 0 Å². The molecule has 1 unspecified atom stereocenters. The van der Waals surface area contributed by atoms with Gasteiger partial charge in [-0.2, -0.15) is 13.2 Å². The zero-order chi connectivity index (χ0) is 15.7. The van der Waals surface area contributed by atoms with Crippen molar-refractivity contribution in [3.63, 3.8) is 0 Å². The predicted molar refractivity (Wildman–Crippen MR) is 78.0 cm³/mol. The van der Waals surface area contributed by atoms with Crippen LogP contribution in [-0.2, 0) is 11.0 Å². The van der Waals surface area contributed by atoms with Crippen molar-refractivity contribution < 1.29 is 18.0 Å². The maximum absolute atomic E-state index is 12.8. The lowest BCUT2D eigenvalue weighted by Gasteiger charge is -2.33. The van der Waals surface area contributed by atoms with Crippen LogP contribution >= 0.6 is 15.9 Å². The van der Waals surface area contributed by atoms with E-state index in [0.29, 0.717) is 6.42 Å². The Morgan fingerprint density at radius 3 is 2.67 bits per heavy atom. The minimum absolute atomic E-state index is 0.0463. The number of amides is 1. The van der Waals surface area contributed by atoms with Gasteiger partial charge in [-0.25, -0.2) is 0 Å². The van der Waals surface area contributed by atoms with Gasteiger partial charge in [-0.3, -0.25) is 4.79 Å². The van der Waals surface area contributed by atoms with Crippen molar-refractivity contribution in [3.8, 4) is 0 Å². The van der Waals surface area contributed by atoms with Gasteiger partial charge in [0.05, 0.1) is 11.1 Å². The molecule has 1 fully saturated rings. The van der Waals surface area contributed by atoms with Gasteiger partial charge >= 0.3 is 6.18 Å². The number of hydrogen-bond acceptors (Lipinski definition) is 2. The lowest BCUT2D eigenvalue weighted by molar-refractivity contribution is -0.138. The summed E-state index contributed by atoms with van der Waals surface area (Å²) < 4.78 is 38.5. The molecule has 21 heavy (non-hydrogen) atoms. The molecule has 0 bridgehead atoms. The van der Waals surface area contributed by atoms with Gasteiger partial charge in [0.1, 0.15) is 0 Å². The van der Waals surface area contributed by atoms with Crippen molar-refractivity contribution in [3.05, 3.63) is 28.2 Å². The third-order valence-electron chi connectivity index (χ3n) is 3.65. The molecular formula is C14H16BrF3N2O. The maximum Gasteiger partial charge on any atom is 0.417 e. The first-order valence-corrected chi connectivity index (χ1v) is 7.45. The lowest BCUT2D eigenvalue weighted by Crippen LogP contribution is -2.54. The number of anilines is 1. The second kappa shape index (κ2) is 5.96. The number of nitrogens with one attached hydrogen (secondary N) is 2. The molecule has 0 radical (unpaired) electrons. The first-order valence-electron chi connectivity index (χ1n) is 6.66. The number of halogens is 4. The summed E-state index contributed by atoms with van der Waals surface area (Å²) in [7, 11) is 0. The van der Waals surface area contributed by atoms with Gasteiger partial charge in [0.25, 0.3) is 0 Å². The van der Waals surface area contributed by atoms with E-state index < -0.39 is 17.3 Å². The summed E-state index contributed by atoms with van der Waals surface area (Å²) >= 11 is 2.87. The molecule has 1 aromatic carbocycles. The Hall–Kier alpha value is -1.08. The highest BCUT2D eigenvalue weighted by molar-refractivity contribution is 9.10. The van der Waals surface area contributed by atoms with E-state index in [1.165, 1.54) is 12.1 Å². The minimum atomic E-state index is -4.47. The molecule has 1 aromatic rings. The van der Waals surface area contributed by atoms with Gasteiger partial charge in [0.2, 0.25) is 5.91 Å². The molecule has 1 amide bonds. The first-order chi connectivity index (χ1) is 9.72. The van der Waals surface area contributed by atoms with E-state index in [1.54, 1.807) is 6.92 Å². The summed E-state index contributed by atoms with van der Waals surface area (Å²) in [5, 5.41) is 5.70. The highest BCUT2D eigenvalue weighted by Gasteiger charge is 2.36. The van der Waals surface area contributed by atoms with Crippen LogP contribution in [0.15, 0.2) is 22.7 Å². The van der Waals surface area contributed by atoms with E-state index in [9.17, 15) is 18.0 Å². The van der Waals surface area contributed by atoms with E-state index in [0.717, 1.165) is 25.5 Å². The summed E-state index contributed by atoms with van der Waals surface area (Å²) in [6.45, 7) is 2.50. The highest BCUT2D eigenvalue weighted by Crippen LogP contribution is 2.36. The van der Waals surface area contributed by atoms with Gasteiger partial charge in [-0.05, 0) is 50.9 Å². The molecule has 0 spiro atoms. The molecule has 1 aliphatic heterocycles. The number of alkyl halides is 3. The van der Waals surface area contributed by atoms with Crippen molar-refractivity contribution in [2.45, 2.75) is 37.9 Å². The second-order valence-corrected chi connectivity index (χ2v) is 6.22. The molecular weight excluding hydrogens is 349 g/mol. The summed E-state index contributed by atoms with van der Waals surface area (Å²) in [5.41, 5.74) is -1.39. The summed E-state index contributed by atoms with van der Waals surface area (Å²) in [4.78, 5) is 12.3. The smallest absolute Gasteiger partial charge is 0.324 e. The Morgan fingerprint density at radius 2 is 2.10 bits per heavy atom. The van der Waals surface area contributed by atoms with Crippen LogP contribution in [0.1, 0.15) is 31.7 Å². The van der Waals surface area contributed by atoms with Gasteiger partial charge in [-0.15, -0.1) is 0 Å². The zero-order valence-corrected chi connectivity index (χ0v) is 13.1. The number of benzene rings is 1. The van der Waals surface area contributed by atoms with Crippen molar-refractivity contribution in [2.24, 2.45) is 0 Å². The fourth-order valence-corrected chi connectivity index (χ4v) is 2.81. The Balaban J connectivity index is 2.18. The summed E-state index contributed by atoms with van der Waals surface area (Å²) in [6, 6.07) is 3.67. The summed E-state index contributed by atoms with van der Waals surface area (Å²) in [6.07, 6.45) is -1.88. The first kappa shape index (κ1) is 16.3. The average Bonchev–Trinajstić information content (AvgIpc) is 2.40. The second-order valence-electron chi connectivity index (χ2n) is 5.36. The molecule has 0 aromatic heterocycles. The van der Waals surface area contributed by atoms with E-state index in [2.05, 4.69) is 26.6 Å². The van der Waals surface area contributed by atoms with Crippen LogP contribution in [0.2, 0.25) is 0 Å². The average molecular weight is 365 g/mol. The van der Waals surface area contributed by atoms with Crippen LogP contribution in [0, 0.1) is 0 Å². The molecule has 0 saturated carbocycles. The topological polar surface area (TPSA) is 41.1 Å². The van der Waals surface area contributed by atoms with Gasteiger partial charge in [0.15, 0.2) is 0 Å². The van der Waals surface area contributed by atoms with Crippen molar-refractivity contribution in [2.75, 3.05) is 11.9 Å². The molecule has 1 saturated heterocycles. The molecule has 3 nitrogen and oxygen atoms in total. The molecule has 0 aliphatic carbocycles. The Morgan fingerprint density at radius 1 is 1.38 bits per heavy atom. The van der Waals surface area contributed by atoms with Crippen molar-refractivity contribution >= 4 is 27.5 Å². The minimum Gasteiger partial charge on any atom is -0.324 e. The van der Waals surface area contributed by atoms with E-state index >= 15 is 0 Å². The third kappa shape index (κ3) is 3.77. The maximum atomic E-state index is 12.8. The number of piperidine rings is 1. The number of carbonyl (C=O) groups excluding carboxylic acids is 1. The van der Waals surface area contributed by atoms with Crippen LogP contribution < -0.4 is 10.6 Å². The van der Waals surface area contributed by atoms with Gasteiger partial charge < -0.3 is 10.6 Å². The summed E-state index contributed by atoms with van der Waals surface area (Å²) in [5.74, 6) is -0.308. The highest BCUT2D eigenvalue weighted by atomic mass is 79.9. The van der Waals surface area contributed by atoms with Crippen molar-refractivity contribution in [1.82, 2.24) is 5.32 Å². The fraction of sp³-hybridized carbons (Fsp3) is 0.500. The fourth-order valence-electron chi connectivity index (χ4n) is 2.34. The van der Waals surface area contributed by atoms with Crippen LogP contribution in [0.3, 0.4) is 0 Å². The van der Waals surface area contributed by atoms with E-state index in [-0.39, 0.29) is 16.1 Å². The number of rotatable bonds is 2. The molecule has 2 rings (SSSR count). The van der Waals surface area contributed by atoms with Gasteiger partial charge in [0, 0.05) is 10.2 Å². The third-order valence-corrected chi connectivity index (χ3v) is 4.34. The molecule has 1 atom stereocenters. The number of hydrogen-bond donors (Lipinski definition) is 2. The Bertz CT molecular complexity index is 540. The Kier molecular flexibility index (Phi) is 4.63.